The fraction of sp³-hybridized carbons (Fsp3) is 0.500. The average Bonchev–Trinajstić information content (AvgIpc) is 2.37. The van der Waals surface area contributed by atoms with Gasteiger partial charge in [-0.3, -0.25) is 0 Å². The van der Waals surface area contributed by atoms with Gasteiger partial charge in [0.2, 0.25) is 0 Å². The third-order valence-corrected chi connectivity index (χ3v) is 2.86. The molecule has 3 N–H and O–H groups in total. The number of aliphatic carboxylic acids is 1. The quantitative estimate of drug-likeness (QED) is 0.546. The number of ether oxygens (including phenoxy) is 1. The molecule has 1 amide bonds. The molecule has 0 fully saturated rings. The number of anilines is 1. The Morgan fingerprint density at radius 2 is 1.83 bits per heavy atom. The van der Waals surface area contributed by atoms with Gasteiger partial charge in [-0.25, -0.2) is 9.59 Å². The fourth-order valence-electron chi connectivity index (χ4n) is 1.85. The molecule has 2 atom stereocenters. The summed E-state index contributed by atoms with van der Waals surface area (Å²) in [6.45, 7) is 6.95. The number of carboxylic acids is 1. The molecule has 0 aromatic heterocycles. The Balaban J connectivity index is 2.69. The minimum absolute atomic E-state index is 0.158. The van der Waals surface area contributed by atoms with E-state index in [4.69, 9.17) is 16.3 Å². The van der Waals surface area contributed by atoms with Crippen LogP contribution in [0.15, 0.2) is 24.3 Å². The van der Waals surface area contributed by atoms with Crippen molar-refractivity contribution in [2.24, 2.45) is 0 Å². The average molecular weight is 343 g/mol. The number of carboxylic acid groups (broad SMARTS) is 1. The number of carbonyl (C=O) groups is 2. The van der Waals surface area contributed by atoms with Crippen LogP contribution < -0.4 is 10.6 Å². The highest BCUT2D eigenvalue weighted by molar-refractivity contribution is 6.21. The molecule has 0 radical (unpaired) electrons. The molecule has 0 spiro atoms. The maximum absolute atomic E-state index is 11.7. The van der Waals surface area contributed by atoms with Gasteiger partial charge in [0.25, 0.3) is 0 Å². The molecule has 6 nitrogen and oxygen atoms in total. The third kappa shape index (κ3) is 7.74. The van der Waals surface area contributed by atoms with E-state index in [0.717, 1.165) is 11.3 Å². The van der Waals surface area contributed by atoms with E-state index in [9.17, 15) is 14.7 Å². The first-order valence-electron chi connectivity index (χ1n) is 7.28. The molecule has 7 heteroatoms. The Bertz CT molecular complexity index is 538. The molecule has 1 aromatic rings. The molecule has 0 saturated carbocycles. The van der Waals surface area contributed by atoms with Crippen molar-refractivity contribution in [1.29, 1.82) is 0 Å². The molecule has 1 rings (SSSR count). The number of alkyl carbamates (subject to hydrolysis) is 1. The van der Waals surface area contributed by atoms with Crippen molar-refractivity contribution in [2.45, 2.75) is 51.3 Å². The second kappa shape index (κ2) is 8.06. The largest absolute Gasteiger partial charge is 0.480 e. The number of hydrogen-bond acceptors (Lipinski definition) is 4. The second-order valence-corrected chi connectivity index (χ2v) is 6.85. The Labute approximate surface area is 141 Å². The van der Waals surface area contributed by atoms with Crippen LogP contribution in [0.25, 0.3) is 0 Å². The van der Waals surface area contributed by atoms with Gasteiger partial charge >= 0.3 is 12.1 Å². The van der Waals surface area contributed by atoms with E-state index in [1.807, 2.05) is 0 Å². The lowest BCUT2D eigenvalue weighted by Crippen LogP contribution is -2.44. The fourth-order valence-corrected chi connectivity index (χ4v) is 1.98. The minimum Gasteiger partial charge on any atom is -0.480 e. The molecule has 0 bridgehead atoms. The van der Waals surface area contributed by atoms with Crippen LogP contribution in [-0.4, -0.2) is 34.3 Å². The molecule has 1 aromatic carbocycles. The van der Waals surface area contributed by atoms with Crippen molar-refractivity contribution in [3.05, 3.63) is 29.8 Å². The van der Waals surface area contributed by atoms with Gasteiger partial charge in [-0.05, 0) is 45.4 Å². The van der Waals surface area contributed by atoms with E-state index in [1.165, 1.54) is 0 Å². The Hall–Kier alpha value is -1.95. The molecule has 0 saturated heterocycles. The zero-order valence-corrected chi connectivity index (χ0v) is 14.5. The molecule has 128 valence electrons. The lowest BCUT2D eigenvalue weighted by molar-refractivity contribution is -0.139. The van der Waals surface area contributed by atoms with Gasteiger partial charge in [0.05, 0.1) is 5.50 Å². The van der Waals surface area contributed by atoms with Crippen LogP contribution in [0.4, 0.5) is 10.5 Å². The standard InChI is InChI=1S/C16H23ClN2O4/c1-10(17)18-12-7-5-11(6-8-12)9-13(14(20)21)19-15(22)23-16(2,3)4/h5-8,10,13,18H,9H2,1-4H3,(H,19,22)(H,20,21). The van der Waals surface area contributed by atoms with Crippen LogP contribution in [0.3, 0.4) is 0 Å². The minimum atomic E-state index is -1.12. The number of amides is 1. The van der Waals surface area contributed by atoms with Gasteiger partial charge in [0.15, 0.2) is 0 Å². The zero-order valence-electron chi connectivity index (χ0n) is 13.7. The van der Waals surface area contributed by atoms with Gasteiger partial charge in [0.1, 0.15) is 11.6 Å². The van der Waals surface area contributed by atoms with Crippen molar-refractivity contribution in [3.8, 4) is 0 Å². The summed E-state index contributed by atoms with van der Waals surface area (Å²) < 4.78 is 5.08. The van der Waals surface area contributed by atoms with E-state index in [1.54, 1.807) is 52.0 Å². The SMILES string of the molecule is CC(Cl)Nc1ccc(CC(NC(=O)OC(C)(C)C)C(=O)O)cc1. The predicted octanol–water partition coefficient (Wildman–Crippen LogP) is 3.20. The van der Waals surface area contributed by atoms with Gasteiger partial charge < -0.3 is 20.5 Å². The number of nitrogens with one attached hydrogen (secondary N) is 2. The number of benzene rings is 1. The van der Waals surface area contributed by atoms with Crippen molar-refractivity contribution in [1.82, 2.24) is 5.32 Å². The molecule has 0 aliphatic rings. The van der Waals surface area contributed by atoms with Crippen LogP contribution in [0.1, 0.15) is 33.3 Å². The molecule has 0 heterocycles. The highest BCUT2D eigenvalue weighted by Gasteiger charge is 2.24. The monoisotopic (exact) mass is 342 g/mol. The molecule has 2 unspecified atom stereocenters. The highest BCUT2D eigenvalue weighted by atomic mass is 35.5. The zero-order chi connectivity index (χ0) is 17.6. The Morgan fingerprint density at radius 3 is 2.26 bits per heavy atom. The maximum Gasteiger partial charge on any atom is 0.408 e. The summed E-state index contributed by atoms with van der Waals surface area (Å²) >= 11 is 5.84. The third-order valence-electron chi connectivity index (χ3n) is 2.75. The smallest absolute Gasteiger partial charge is 0.408 e. The number of carbonyl (C=O) groups excluding carboxylic acids is 1. The molecular formula is C16H23ClN2O4. The van der Waals surface area contributed by atoms with Crippen molar-refractivity contribution in [2.75, 3.05) is 5.32 Å². The molecule has 0 aliphatic carbocycles. The lowest BCUT2D eigenvalue weighted by atomic mass is 10.1. The molecule has 0 aliphatic heterocycles. The highest BCUT2D eigenvalue weighted by Crippen LogP contribution is 2.14. The number of hydrogen-bond donors (Lipinski definition) is 3. The Morgan fingerprint density at radius 1 is 1.26 bits per heavy atom. The number of alkyl halides is 1. The molecular weight excluding hydrogens is 320 g/mol. The van der Waals surface area contributed by atoms with Gasteiger partial charge in [0, 0.05) is 12.1 Å². The van der Waals surface area contributed by atoms with Gasteiger partial charge in [-0.2, -0.15) is 0 Å². The summed E-state index contributed by atoms with van der Waals surface area (Å²) in [6, 6.07) is 6.12. The van der Waals surface area contributed by atoms with Crippen molar-refractivity contribution < 1.29 is 19.4 Å². The van der Waals surface area contributed by atoms with Crippen molar-refractivity contribution >= 4 is 29.4 Å². The van der Waals surface area contributed by atoms with E-state index in [0.29, 0.717) is 0 Å². The second-order valence-electron chi connectivity index (χ2n) is 6.20. The normalized spacial score (nSPS) is 13.8. The molecule has 23 heavy (non-hydrogen) atoms. The summed E-state index contributed by atoms with van der Waals surface area (Å²) in [4.78, 5) is 23.0. The van der Waals surface area contributed by atoms with Crippen LogP contribution in [0.5, 0.6) is 0 Å². The van der Waals surface area contributed by atoms with E-state index >= 15 is 0 Å². The summed E-state index contributed by atoms with van der Waals surface area (Å²) in [5, 5.41) is 14.7. The van der Waals surface area contributed by atoms with Crippen LogP contribution in [0.2, 0.25) is 0 Å². The first-order chi connectivity index (χ1) is 10.6. The summed E-state index contributed by atoms with van der Waals surface area (Å²) in [6.07, 6.45) is -0.593. The van der Waals surface area contributed by atoms with Crippen LogP contribution >= 0.6 is 11.6 Å². The maximum atomic E-state index is 11.7. The number of halogens is 1. The summed E-state index contributed by atoms with van der Waals surface area (Å²) in [7, 11) is 0. The van der Waals surface area contributed by atoms with Crippen LogP contribution in [-0.2, 0) is 16.0 Å². The number of rotatable bonds is 6. The lowest BCUT2D eigenvalue weighted by Gasteiger charge is -2.22. The first kappa shape index (κ1) is 19.1. The van der Waals surface area contributed by atoms with Gasteiger partial charge in [-0.15, -0.1) is 0 Å². The van der Waals surface area contributed by atoms with E-state index in [2.05, 4.69) is 10.6 Å². The summed E-state index contributed by atoms with van der Waals surface area (Å²) in [5.74, 6) is -1.12. The first-order valence-corrected chi connectivity index (χ1v) is 7.72. The topological polar surface area (TPSA) is 87.7 Å². The van der Waals surface area contributed by atoms with E-state index < -0.39 is 23.7 Å². The van der Waals surface area contributed by atoms with E-state index in [-0.39, 0.29) is 11.9 Å². The van der Waals surface area contributed by atoms with Gasteiger partial charge in [-0.1, -0.05) is 23.7 Å². The predicted molar refractivity (Wildman–Crippen MR) is 89.9 cm³/mol. The Kier molecular flexibility index (Phi) is 6.69. The summed E-state index contributed by atoms with van der Waals surface area (Å²) in [5.41, 5.74) is 0.726. The van der Waals surface area contributed by atoms with Crippen LogP contribution in [0, 0.1) is 0 Å². The van der Waals surface area contributed by atoms with Crippen molar-refractivity contribution in [3.63, 3.8) is 0 Å².